The van der Waals surface area contributed by atoms with Crippen LogP contribution in [-0.2, 0) is 9.53 Å². The Morgan fingerprint density at radius 2 is 1.88 bits per heavy atom. The minimum atomic E-state index is -0.532. The molecule has 0 fully saturated rings. The number of ether oxygens (including phenoxy) is 3. The van der Waals surface area contributed by atoms with Gasteiger partial charge in [0.2, 0.25) is 0 Å². The fourth-order valence-corrected chi connectivity index (χ4v) is 3.37. The van der Waals surface area contributed by atoms with E-state index in [1.165, 1.54) is 25.6 Å². The summed E-state index contributed by atoms with van der Waals surface area (Å²) in [4.78, 5) is 24.4. The van der Waals surface area contributed by atoms with Crippen LogP contribution < -0.4 is 14.8 Å². The van der Waals surface area contributed by atoms with Gasteiger partial charge in [-0.1, -0.05) is 18.2 Å². The lowest BCUT2D eigenvalue weighted by Gasteiger charge is -2.11. The van der Waals surface area contributed by atoms with Crippen molar-refractivity contribution in [3.63, 3.8) is 0 Å². The molecule has 0 aliphatic heterocycles. The highest BCUT2D eigenvalue weighted by molar-refractivity contribution is 7.17. The molecule has 1 heterocycles. The van der Waals surface area contributed by atoms with Gasteiger partial charge in [0.15, 0.2) is 6.61 Å². The third-order valence-corrected chi connectivity index (χ3v) is 4.68. The van der Waals surface area contributed by atoms with Crippen LogP contribution in [0.15, 0.2) is 47.8 Å². The molecule has 1 N–H and O–H groups in total. The summed E-state index contributed by atoms with van der Waals surface area (Å²) >= 11 is 1.46. The van der Waals surface area contributed by atoms with Crippen LogP contribution in [0.3, 0.4) is 0 Å². The van der Waals surface area contributed by atoms with Gasteiger partial charge in [0.05, 0.1) is 25.5 Å². The minimum Gasteiger partial charge on any atom is -0.497 e. The Balaban J connectivity index is 1.65. The number of benzene rings is 2. The zero-order valence-corrected chi connectivity index (χ0v) is 15.1. The van der Waals surface area contributed by atoms with Gasteiger partial charge in [-0.25, -0.2) is 4.79 Å². The molecule has 3 aromatic rings. The molecule has 0 atom stereocenters. The molecule has 0 unspecified atom stereocenters. The Bertz CT molecular complexity index is 950. The van der Waals surface area contributed by atoms with Crippen molar-refractivity contribution in [2.24, 2.45) is 0 Å². The largest absolute Gasteiger partial charge is 0.497 e. The summed E-state index contributed by atoms with van der Waals surface area (Å²) in [6.45, 7) is -0.399. The van der Waals surface area contributed by atoms with Crippen molar-refractivity contribution in [2.75, 3.05) is 26.1 Å². The van der Waals surface area contributed by atoms with E-state index < -0.39 is 18.5 Å². The molecule has 26 heavy (non-hydrogen) atoms. The molecule has 1 amide bonds. The highest BCUT2D eigenvalue weighted by Crippen LogP contribution is 2.29. The molecule has 134 valence electrons. The van der Waals surface area contributed by atoms with E-state index in [9.17, 15) is 9.59 Å². The number of hydrogen-bond donors (Lipinski definition) is 1. The third kappa shape index (κ3) is 3.78. The summed E-state index contributed by atoms with van der Waals surface area (Å²) in [5.41, 5.74) is 0.895. The van der Waals surface area contributed by atoms with Crippen molar-refractivity contribution in [1.29, 1.82) is 0 Å². The molecule has 0 spiro atoms. The number of amides is 1. The smallest absolute Gasteiger partial charge is 0.340 e. The van der Waals surface area contributed by atoms with Crippen molar-refractivity contribution < 1.29 is 23.8 Å². The number of methoxy groups -OCH3 is 2. The van der Waals surface area contributed by atoms with Gasteiger partial charge in [-0.05, 0) is 18.2 Å². The number of nitrogens with one attached hydrogen (secondary N) is 1. The molecule has 2 aromatic carbocycles. The highest BCUT2D eigenvalue weighted by Gasteiger charge is 2.16. The van der Waals surface area contributed by atoms with E-state index in [2.05, 4.69) is 5.32 Å². The molecule has 0 saturated heterocycles. The quantitative estimate of drug-likeness (QED) is 0.669. The van der Waals surface area contributed by atoms with Gasteiger partial charge >= 0.3 is 5.97 Å². The number of carbonyl (C=O) groups is 2. The predicted octanol–water partition coefficient (Wildman–Crippen LogP) is 3.71. The molecule has 0 aliphatic rings. The molecule has 3 rings (SSSR count). The van der Waals surface area contributed by atoms with Crippen LogP contribution in [0.4, 0.5) is 5.69 Å². The molecule has 0 saturated carbocycles. The second kappa shape index (κ2) is 7.88. The fraction of sp³-hybridized carbons (Fsp3) is 0.158. The third-order valence-electron chi connectivity index (χ3n) is 3.72. The Labute approximate surface area is 154 Å². The van der Waals surface area contributed by atoms with Crippen LogP contribution in [0.5, 0.6) is 11.5 Å². The Hall–Kier alpha value is -3.06. The number of fused-ring (bicyclic) bond motifs is 1. The lowest BCUT2D eigenvalue weighted by atomic mass is 10.2. The molecular formula is C19H17NO5S. The maximum absolute atomic E-state index is 12.3. The number of thiophene rings is 1. The SMILES string of the molecule is COc1ccc(OC)c(NC(=O)COC(=O)c2csc3ccccc23)c1. The van der Waals surface area contributed by atoms with Gasteiger partial charge in [0.1, 0.15) is 11.5 Å². The first-order chi connectivity index (χ1) is 12.6. The average molecular weight is 371 g/mol. The first-order valence-corrected chi connectivity index (χ1v) is 8.65. The van der Waals surface area contributed by atoms with E-state index in [1.807, 2.05) is 24.3 Å². The summed E-state index contributed by atoms with van der Waals surface area (Å²) in [5, 5.41) is 5.20. The highest BCUT2D eigenvalue weighted by atomic mass is 32.1. The molecule has 0 bridgehead atoms. The predicted molar refractivity (Wildman–Crippen MR) is 100 cm³/mol. The first-order valence-electron chi connectivity index (χ1n) is 7.77. The zero-order chi connectivity index (χ0) is 18.5. The summed E-state index contributed by atoms with van der Waals surface area (Å²) in [6.07, 6.45) is 0. The topological polar surface area (TPSA) is 73.9 Å². The Kier molecular flexibility index (Phi) is 5.38. The molecule has 0 aliphatic carbocycles. The van der Waals surface area contributed by atoms with Crippen molar-refractivity contribution in [2.45, 2.75) is 0 Å². The lowest BCUT2D eigenvalue weighted by Crippen LogP contribution is -2.21. The monoisotopic (exact) mass is 371 g/mol. The van der Waals surface area contributed by atoms with Crippen LogP contribution in [0.2, 0.25) is 0 Å². The number of rotatable bonds is 6. The normalized spacial score (nSPS) is 10.4. The van der Waals surface area contributed by atoms with Gasteiger partial charge in [-0.3, -0.25) is 4.79 Å². The summed E-state index contributed by atoms with van der Waals surface area (Å²) in [5.74, 6) is 0.0526. The second-order valence-corrected chi connectivity index (χ2v) is 6.25. The zero-order valence-electron chi connectivity index (χ0n) is 14.3. The van der Waals surface area contributed by atoms with Crippen LogP contribution in [0.1, 0.15) is 10.4 Å². The number of carbonyl (C=O) groups excluding carboxylic acids is 2. The first kappa shape index (κ1) is 17.8. The molecular weight excluding hydrogens is 354 g/mol. The van der Waals surface area contributed by atoms with E-state index in [4.69, 9.17) is 14.2 Å². The van der Waals surface area contributed by atoms with Crippen molar-refractivity contribution in [3.8, 4) is 11.5 Å². The maximum atomic E-state index is 12.3. The maximum Gasteiger partial charge on any atom is 0.340 e. The summed E-state index contributed by atoms with van der Waals surface area (Å²) < 4.78 is 16.5. The lowest BCUT2D eigenvalue weighted by molar-refractivity contribution is -0.119. The van der Waals surface area contributed by atoms with E-state index >= 15 is 0 Å². The second-order valence-electron chi connectivity index (χ2n) is 5.34. The summed E-state index contributed by atoms with van der Waals surface area (Å²) in [6, 6.07) is 12.6. The van der Waals surface area contributed by atoms with Gasteiger partial charge in [0.25, 0.3) is 5.91 Å². The molecule has 7 heteroatoms. The van der Waals surface area contributed by atoms with Crippen molar-refractivity contribution >= 4 is 39.0 Å². The van der Waals surface area contributed by atoms with E-state index in [1.54, 1.807) is 23.6 Å². The minimum absolute atomic E-state index is 0.399. The van der Waals surface area contributed by atoms with Crippen LogP contribution in [-0.4, -0.2) is 32.7 Å². The number of anilines is 1. The van der Waals surface area contributed by atoms with E-state index in [0.29, 0.717) is 22.7 Å². The average Bonchev–Trinajstić information content (AvgIpc) is 3.10. The molecule has 6 nitrogen and oxygen atoms in total. The molecule has 0 radical (unpaired) electrons. The van der Waals surface area contributed by atoms with Crippen LogP contribution in [0.25, 0.3) is 10.1 Å². The molecule has 1 aromatic heterocycles. The van der Waals surface area contributed by atoms with E-state index in [0.717, 1.165) is 10.1 Å². The Morgan fingerprint density at radius 1 is 1.08 bits per heavy atom. The fourth-order valence-electron chi connectivity index (χ4n) is 2.44. The van der Waals surface area contributed by atoms with Gasteiger partial charge in [0, 0.05) is 21.5 Å². The van der Waals surface area contributed by atoms with Gasteiger partial charge < -0.3 is 19.5 Å². The van der Waals surface area contributed by atoms with Crippen LogP contribution >= 0.6 is 11.3 Å². The Morgan fingerprint density at radius 3 is 2.65 bits per heavy atom. The van der Waals surface area contributed by atoms with Crippen molar-refractivity contribution in [3.05, 3.63) is 53.4 Å². The van der Waals surface area contributed by atoms with Gasteiger partial charge in [-0.2, -0.15) is 0 Å². The standard InChI is InChI=1S/C19H17NO5S/c1-23-12-7-8-16(24-2)15(9-12)20-18(21)10-25-19(22)14-11-26-17-6-4-3-5-13(14)17/h3-9,11H,10H2,1-2H3,(H,20,21). The van der Waals surface area contributed by atoms with Crippen LogP contribution in [0, 0.1) is 0 Å². The number of hydrogen-bond acceptors (Lipinski definition) is 6. The van der Waals surface area contributed by atoms with Gasteiger partial charge in [-0.15, -0.1) is 11.3 Å². The van der Waals surface area contributed by atoms with E-state index in [-0.39, 0.29) is 0 Å². The summed E-state index contributed by atoms with van der Waals surface area (Å²) in [7, 11) is 3.03. The number of esters is 1. The van der Waals surface area contributed by atoms with Crippen molar-refractivity contribution in [1.82, 2.24) is 0 Å².